The van der Waals surface area contributed by atoms with Crippen molar-refractivity contribution in [3.63, 3.8) is 0 Å². The molecule has 0 saturated heterocycles. The van der Waals surface area contributed by atoms with Crippen LogP contribution in [-0.4, -0.2) is 11.9 Å². The van der Waals surface area contributed by atoms with E-state index in [0.29, 0.717) is 5.92 Å². The van der Waals surface area contributed by atoms with Crippen LogP contribution in [0.1, 0.15) is 43.6 Å². The second-order valence-electron chi connectivity index (χ2n) is 5.35. The van der Waals surface area contributed by atoms with Crippen molar-refractivity contribution >= 4 is 5.78 Å². The molecule has 0 fully saturated rings. The van der Waals surface area contributed by atoms with Crippen molar-refractivity contribution in [2.45, 2.75) is 40.2 Å². The fourth-order valence-corrected chi connectivity index (χ4v) is 2.14. The molecule has 1 aromatic carbocycles. The van der Waals surface area contributed by atoms with Gasteiger partial charge < -0.3 is 4.74 Å². The molecule has 92 valence electrons. The predicted molar refractivity (Wildman–Crippen MR) is 68.6 cm³/mol. The normalized spacial score (nSPS) is 19.9. The van der Waals surface area contributed by atoms with Crippen LogP contribution in [0.25, 0.3) is 0 Å². The average Bonchev–Trinajstić information content (AvgIpc) is 2.65. The van der Waals surface area contributed by atoms with E-state index in [-0.39, 0.29) is 17.8 Å². The van der Waals surface area contributed by atoms with Gasteiger partial charge in [0.25, 0.3) is 0 Å². The van der Waals surface area contributed by atoms with Gasteiger partial charge in [0, 0.05) is 17.9 Å². The van der Waals surface area contributed by atoms with E-state index in [1.807, 2.05) is 25.1 Å². The third-order valence-electron chi connectivity index (χ3n) is 3.59. The zero-order valence-corrected chi connectivity index (χ0v) is 11.0. The Bertz CT molecular complexity index is 435. The van der Waals surface area contributed by atoms with Gasteiger partial charge in [0.05, 0.1) is 0 Å². The third-order valence-corrected chi connectivity index (χ3v) is 3.59. The summed E-state index contributed by atoms with van der Waals surface area (Å²) in [6.07, 6.45) is 1.14. The summed E-state index contributed by atoms with van der Waals surface area (Å²) in [6, 6.07) is 5.82. The SMILES string of the molecule is CC1Cc2cc(C(=O)C(C)C(C)C)ccc2O1. The Balaban J connectivity index is 2.24. The minimum absolute atomic E-state index is 0.0767. The first-order chi connectivity index (χ1) is 7.99. The van der Waals surface area contributed by atoms with Gasteiger partial charge in [-0.05, 0) is 36.6 Å². The summed E-state index contributed by atoms with van der Waals surface area (Å²) in [5, 5.41) is 0. The summed E-state index contributed by atoms with van der Waals surface area (Å²) < 4.78 is 5.64. The van der Waals surface area contributed by atoms with Gasteiger partial charge in [-0.15, -0.1) is 0 Å². The van der Waals surface area contributed by atoms with Crippen LogP contribution in [0.2, 0.25) is 0 Å². The Morgan fingerprint density at radius 1 is 1.35 bits per heavy atom. The number of benzene rings is 1. The lowest BCUT2D eigenvalue weighted by molar-refractivity contribution is 0.0899. The van der Waals surface area contributed by atoms with Gasteiger partial charge in [0.1, 0.15) is 11.9 Å². The Morgan fingerprint density at radius 3 is 2.71 bits per heavy atom. The molecule has 2 nitrogen and oxygen atoms in total. The number of carbonyl (C=O) groups excluding carboxylic acids is 1. The lowest BCUT2D eigenvalue weighted by atomic mass is 9.89. The molecular weight excluding hydrogens is 212 g/mol. The van der Waals surface area contributed by atoms with E-state index < -0.39 is 0 Å². The van der Waals surface area contributed by atoms with Crippen LogP contribution < -0.4 is 4.74 Å². The fourth-order valence-electron chi connectivity index (χ4n) is 2.14. The molecule has 2 atom stereocenters. The molecule has 0 aromatic heterocycles. The van der Waals surface area contributed by atoms with Crippen LogP contribution >= 0.6 is 0 Å². The molecule has 0 radical (unpaired) electrons. The predicted octanol–water partition coefficient (Wildman–Crippen LogP) is 3.48. The highest BCUT2D eigenvalue weighted by Crippen LogP contribution is 2.30. The van der Waals surface area contributed by atoms with Gasteiger partial charge in [-0.2, -0.15) is 0 Å². The smallest absolute Gasteiger partial charge is 0.165 e. The highest BCUT2D eigenvalue weighted by Gasteiger charge is 2.23. The molecule has 1 aliphatic rings. The summed E-state index contributed by atoms with van der Waals surface area (Å²) in [5.41, 5.74) is 1.99. The first-order valence-corrected chi connectivity index (χ1v) is 6.33. The summed E-state index contributed by atoms with van der Waals surface area (Å²) in [5.74, 6) is 1.63. The van der Waals surface area contributed by atoms with Crippen LogP contribution in [-0.2, 0) is 6.42 Å². The van der Waals surface area contributed by atoms with Crippen LogP contribution in [0.4, 0.5) is 0 Å². The van der Waals surface area contributed by atoms with Crippen LogP contribution in [0.5, 0.6) is 5.75 Å². The van der Waals surface area contributed by atoms with Gasteiger partial charge in [-0.1, -0.05) is 20.8 Å². The molecule has 17 heavy (non-hydrogen) atoms. The minimum Gasteiger partial charge on any atom is -0.490 e. The van der Waals surface area contributed by atoms with Crippen molar-refractivity contribution in [2.75, 3.05) is 0 Å². The maximum atomic E-state index is 12.2. The number of carbonyl (C=O) groups is 1. The van der Waals surface area contributed by atoms with Crippen molar-refractivity contribution in [3.05, 3.63) is 29.3 Å². The van der Waals surface area contributed by atoms with E-state index >= 15 is 0 Å². The minimum atomic E-state index is 0.0767. The molecular formula is C15H20O2. The number of hydrogen-bond donors (Lipinski definition) is 0. The van der Waals surface area contributed by atoms with Gasteiger partial charge in [0.15, 0.2) is 5.78 Å². The van der Waals surface area contributed by atoms with Gasteiger partial charge >= 0.3 is 0 Å². The average molecular weight is 232 g/mol. The molecule has 0 amide bonds. The lowest BCUT2D eigenvalue weighted by Crippen LogP contribution is -2.17. The number of fused-ring (bicyclic) bond motifs is 1. The highest BCUT2D eigenvalue weighted by molar-refractivity contribution is 5.98. The maximum absolute atomic E-state index is 12.2. The Kier molecular flexibility index (Phi) is 3.23. The van der Waals surface area contributed by atoms with Crippen molar-refractivity contribution in [1.82, 2.24) is 0 Å². The van der Waals surface area contributed by atoms with Crippen molar-refractivity contribution in [2.24, 2.45) is 11.8 Å². The summed E-state index contributed by atoms with van der Waals surface area (Å²) >= 11 is 0. The van der Waals surface area contributed by atoms with Crippen LogP contribution in [0, 0.1) is 11.8 Å². The number of Topliss-reactive ketones (excluding diaryl/α,β-unsaturated/α-hetero) is 1. The molecule has 1 aliphatic heterocycles. The molecule has 1 aromatic rings. The number of hydrogen-bond acceptors (Lipinski definition) is 2. The molecule has 0 spiro atoms. The topological polar surface area (TPSA) is 26.3 Å². The molecule has 0 N–H and O–H groups in total. The Labute approximate surface area is 103 Å². The molecule has 2 heteroatoms. The van der Waals surface area contributed by atoms with Gasteiger partial charge in [-0.3, -0.25) is 4.79 Å². The Morgan fingerprint density at radius 2 is 2.06 bits per heavy atom. The first kappa shape index (κ1) is 12.2. The van der Waals surface area contributed by atoms with Gasteiger partial charge in [-0.25, -0.2) is 0 Å². The Hall–Kier alpha value is -1.31. The van der Waals surface area contributed by atoms with E-state index in [0.717, 1.165) is 17.7 Å². The lowest BCUT2D eigenvalue weighted by Gasteiger charge is -2.14. The molecule has 0 bridgehead atoms. The van der Waals surface area contributed by atoms with E-state index in [1.165, 1.54) is 5.56 Å². The van der Waals surface area contributed by atoms with E-state index in [2.05, 4.69) is 20.8 Å². The number of ether oxygens (including phenoxy) is 1. The molecule has 1 heterocycles. The molecule has 0 aliphatic carbocycles. The van der Waals surface area contributed by atoms with Crippen molar-refractivity contribution < 1.29 is 9.53 Å². The fraction of sp³-hybridized carbons (Fsp3) is 0.533. The zero-order chi connectivity index (χ0) is 12.6. The van der Waals surface area contributed by atoms with Gasteiger partial charge in [0.2, 0.25) is 0 Å². The molecule has 2 unspecified atom stereocenters. The standard InChI is InChI=1S/C15H20O2/c1-9(2)11(4)15(16)12-5-6-14-13(8-12)7-10(3)17-14/h5-6,8-11H,7H2,1-4H3. The van der Waals surface area contributed by atoms with Crippen molar-refractivity contribution in [3.8, 4) is 5.75 Å². The van der Waals surface area contributed by atoms with E-state index in [9.17, 15) is 4.79 Å². The summed E-state index contributed by atoms with van der Waals surface area (Å²) in [7, 11) is 0. The second-order valence-corrected chi connectivity index (χ2v) is 5.35. The molecule has 0 saturated carbocycles. The van der Waals surface area contributed by atoms with E-state index in [4.69, 9.17) is 4.74 Å². The largest absolute Gasteiger partial charge is 0.490 e. The monoisotopic (exact) mass is 232 g/mol. The van der Waals surface area contributed by atoms with Crippen LogP contribution in [0.3, 0.4) is 0 Å². The maximum Gasteiger partial charge on any atom is 0.165 e. The summed E-state index contributed by atoms with van der Waals surface area (Å²) in [4.78, 5) is 12.2. The van der Waals surface area contributed by atoms with E-state index in [1.54, 1.807) is 0 Å². The van der Waals surface area contributed by atoms with Crippen LogP contribution in [0.15, 0.2) is 18.2 Å². The zero-order valence-electron chi connectivity index (χ0n) is 11.0. The quantitative estimate of drug-likeness (QED) is 0.746. The second kappa shape index (κ2) is 4.52. The number of ketones is 1. The third kappa shape index (κ3) is 2.36. The first-order valence-electron chi connectivity index (χ1n) is 6.33. The summed E-state index contributed by atoms with van der Waals surface area (Å²) in [6.45, 7) is 8.22. The molecule has 2 rings (SSSR count). The van der Waals surface area contributed by atoms with Crippen molar-refractivity contribution in [1.29, 1.82) is 0 Å². The highest BCUT2D eigenvalue weighted by atomic mass is 16.5. The number of rotatable bonds is 3.